The number of carbonyl (C=O) groups is 1. The minimum absolute atomic E-state index is 0.0274. The lowest BCUT2D eigenvalue weighted by Gasteiger charge is -2.17. The zero-order valence-electron chi connectivity index (χ0n) is 16.5. The van der Waals surface area contributed by atoms with Gasteiger partial charge in [0.05, 0.1) is 6.54 Å². The van der Waals surface area contributed by atoms with Crippen molar-refractivity contribution < 1.29 is 14.3 Å². The molecular formula is C24H24N2O3. The molecule has 1 amide bonds. The van der Waals surface area contributed by atoms with E-state index in [1.807, 2.05) is 67.6 Å². The first-order valence-corrected chi connectivity index (χ1v) is 9.84. The third kappa shape index (κ3) is 4.93. The number of nitrogens with zero attached hydrogens (tertiary/aromatic N) is 2. The van der Waals surface area contributed by atoms with Gasteiger partial charge in [-0.1, -0.05) is 48.5 Å². The number of amides is 1. The fourth-order valence-corrected chi connectivity index (χ4v) is 3.42. The molecule has 2 heterocycles. The molecule has 1 atom stereocenters. The lowest BCUT2D eigenvalue weighted by atomic mass is 10.1. The predicted octanol–water partition coefficient (Wildman–Crippen LogP) is 4.12. The first-order chi connectivity index (χ1) is 14.2. The van der Waals surface area contributed by atoms with Crippen molar-refractivity contribution in [2.75, 3.05) is 19.7 Å². The summed E-state index contributed by atoms with van der Waals surface area (Å²) in [5.41, 5.74) is 3.19. The molecule has 2 aromatic carbocycles. The van der Waals surface area contributed by atoms with Gasteiger partial charge in [0.25, 0.3) is 5.91 Å². The monoisotopic (exact) mass is 388 g/mol. The van der Waals surface area contributed by atoms with Crippen LogP contribution in [0.15, 0.2) is 72.8 Å². The minimum atomic E-state index is -0.0293. The molecule has 0 N–H and O–H groups in total. The highest BCUT2D eigenvalue weighted by molar-refractivity contribution is 5.78. The van der Waals surface area contributed by atoms with Crippen LogP contribution in [0.5, 0.6) is 11.6 Å². The van der Waals surface area contributed by atoms with Crippen LogP contribution in [0.25, 0.3) is 11.1 Å². The fraction of sp³-hybridized carbons (Fsp3) is 0.250. The highest BCUT2D eigenvalue weighted by atomic mass is 16.5. The van der Waals surface area contributed by atoms with Gasteiger partial charge in [0.1, 0.15) is 11.9 Å². The lowest BCUT2D eigenvalue weighted by Crippen LogP contribution is -2.34. The molecule has 1 saturated heterocycles. The van der Waals surface area contributed by atoms with Gasteiger partial charge in [-0.25, -0.2) is 4.98 Å². The number of hydrogen-bond acceptors (Lipinski definition) is 4. The summed E-state index contributed by atoms with van der Waals surface area (Å²) in [6.07, 6.45) is 0.769. The Labute approximate surface area is 170 Å². The van der Waals surface area contributed by atoms with E-state index < -0.39 is 0 Å². The SMILES string of the molecule is Cc1cccc(OC2CCN(C(=O)COc3ccc(-c4ccccc4)cc3)C2)n1. The lowest BCUT2D eigenvalue weighted by molar-refractivity contribution is -0.132. The maximum Gasteiger partial charge on any atom is 0.260 e. The van der Waals surface area contributed by atoms with Crippen LogP contribution < -0.4 is 9.47 Å². The number of rotatable bonds is 6. The second-order valence-electron chi connectivity index (χ2n) is 7.16. The summed E-state index contributed by atoms with van der Waals surface area (Å²) in [5.74, 6) is 1.27. The average molecular weight is 388 g/mol. The van der Waals surface area contributed by atoms with Gasteiger partial charge in [0.2, 0.25) is 5.88 Å². The number of aryl methyl sites for hydroxylation is 1. The van der Waals surface area contributed by atoms with E-state index in [4.69, 9.17) is 9.47 Å². The molecule has 1 aromatic heterocycles. The quantitative estimate of drug-likeness (QED) is 0.638. The van der Waals surface area contributed by atoms with E-state index in [0.29, 0.717) is 24.7 Å². The largest absolute Gasteiger partial charge is 0.484 e. The molecule has 1 unspecified atom stereocenters. The van der Waals surface area contributed by atoms with Gasteiger partial charge in [-0.2, -0.15) is 0 Å². The van der Waals surface area contributed by atoms with E-state index >= 15 is 0 Å². The summed E-state index contributed by atoms with van der Waals surface area (Å²) in [7, 11) is 0. The first-order valence-electron chi connectivity index (χ1n) is 9.84. The fourth-order valence-electron chi connectivity index (χ4n) is 3.42. The van der Waals surface area contributed by atoms with Gasteiger partial charge in [0, 0.05) is 24.7 Å². The van der Waals surface area contributed by atoms with Gasteiger partial charge < -0.3 is 14.4 Å². The van der Waals surface area contributed by atoms with Crippen molar-refractivity contribution in [3.8, 4) is 22.8 Å². The van der Waals surface area contributed by atoms with Crippen molar-refractivity contribution in [2.24, 2.45) is 0 Å². The third-order valence-electron chi connectivity index (χ3n) is 4.97. The Hall–Kier alpha value is -3.34. The van der Waals surface area contributed by atoms with Crippen LogP contribution in [0.1, 0.15) is 12.1 Å². The van der Waals surface area contributed by atoms with Crippen LogP contribution in [-0.4, -0.2) is 41.6 Å². The second kappa shape index (κ2) is 8.78. The standard InChI is InChI=1S/C24H24N2O3/c1-18-6-5-9-23(25-18)29-22-14-15-26(16-22)24(27)17-28-21-12-10-20(11-13-21)19-7-3-2-4-8-19/h2-13,22H,14-17H2,1H3. The summed E-state index contributed by atoms with van der Waals surface area (Å²) in [5, 5.41) is 0. The number of aromatic nitrogens is 1. The van der Waals surface area contributed by atoms with Gasteiger partial charge >= 0.3 is 0 Å². The highest BCUT2D eigenvalue weighted by Gasteiger charge is 2.28. The zero-order valence-corrected chi connectivity index (χ0v) is 16.5. The number of likely N-dealkylation sites (tertiary alicyclic amines) is 1. The van der Waals surface area contributed by atoms with Gasteiger partial charge in [-0.05, 0) is 36.2 Å². The molecule has 0 spiro atoms. The summed E-state index contributed by atoms with van der Waals surface area (Å²) >= 11 is 0. The van der Waals surface area contributed by atoms with Crippen molar-refractivity contribution >= 4 is 5.91 Å². The summed E-state index contributed by atoms with van der Waals surface area (Å²) < 4.78 is 11.6. The maximum atomic E-state index is 12.5. The Bertz CT molecular complexity index is 957. The van der Waals surface area contributed by atoms with E-state index in [-0.39, 0.29) is 18.6 Å². The molecular weight excluding hydrogens is 364 g/mol. The van der Waals surface area contributed by atoms with Crippen molar-refractivity contribution in [3.05, 3.63) is 78.5 Å². The van der Waals surface area contributed by atoms with Crippen LogP contribution in [0, 0.1) is 6.92 Å². The molecule has 5 heteroatoms. The first kappa shape index (κ1) is 19.0. The van der Waals surface area contributed by atoms with E-state index in [1.165, 1.54) is 0 Å². The van der Waals surface area contributed by atoms with E-state index in [0.717, 1.165) is 23.2 Å². The van der Waals surface area contributed by atoms with Gasteiger partial charge in [-0.3, -0.25) is 4.79 Å². The summed E-state index contributed by atoms with van der Waals surface area (Å²) in [6.45, 7) is 3.19. The van der Waals surface area contributed by atoms with Crippen molar-refractivity contribution in [1.29, 1.82) is 0 Å². The van der Waals surface area contributed by atoms with Crippen LogP contribution in [0.3, 0.4) is 0 Å². The zero-order chi connectivity index (χ0) is 20.1. The summed E-state index contributed by atoms with van der Waals surface area (Å²) in [6, 6.07) is 23.7. The Kier molecular flexibility index (Phi) is 5.75. The predicted molar refractivity (Wildman–Crippen MR) is 112 cm³/mol. The molecule has 1 fully saturated rings. The van der Waals surface area contributed by atoms with Crippen molar-refractivity contribution in [3.63, 3.8) is 0 Å². The van der Waals surface area contributed by atoms with Crippen LogP contribution >= 0.6 is 0 Å². The molecule has 5 nitrogen and oxygen atoms in total. The van der Waals surface area contributed by atoms with Crippen LogP contribution in [-0.2, 0) is 4.79 Å². The third-order valence-corrected chi connectivity index (χ3v) is 4.97. The van der Waals surface area contributed by atoms with E-state index in [2.05, 4.69) is 17.1 Å². The molecule has 1 aliphatic rings. The molecule has 29 heavy (non-hydrogen) atoms. The summed E-state index contributed by atoms with van der Waals surface area (Å²) in [4.78, 5) is 18.6. The molecule has 148 valence electrons. The van der Waals surface area contributed by atoms with Crippen LogP contribution in [0.2, 0.25) is 0 Å². The normalized spacial score (nSPS) is 15.9. The Morgan fingerprint density at radius 1 is 1.00 bits per heavy atom. The average Bonchev–Trinajstić information content (AvgIpc) is 3.22. The maximum absolute atomic E-state index is 12.5. The van der Waals surface area contributed by atoms with E-state index in [1.54, 1.807) is 4.90 Å². The number of ether oxygens (including phenoxy) is 2. The van der Waals surface area contributed by atoms with Crippen molar-refractivity contribution in [2.45, 2.75) is 19.4 Å². The van der Waals surface area contributed by atoms with Gasteiger partial charge in [0.15, 0.2) is 6.61 Å². The Morgan fingerprint density at radius 2 is 1.76 bits per heavy atom. The van der Waals surface area contributed by atoms with Crippen molar-refractivity contribution in [1.82, 2.24) is 9.88 Å². The molecule has 4 rings (SSSR count). The minimum Gasteiger partial charge on any atom is -0.484 e. The molecule has 3 aromatic rings. The number of pyridine rings is 1. The second-order valence-corrected chi connectivity index (χ2v) is 7.16. The Morgan fingerprint density at radius 3 is 2.52 bits per heavy atom. The van der Waals surface area contributed by atoms with Crippen LogP contribution in [0.4, 0.5) is 0 Å². The topological polar surface area (TPSA) is 51.7 Å². The molecule has 0 saturated carbocycles. The highest BCUT2D eigenvalue weighted by Crippen LogP contribution is 2.22. The molecule has 0 radical (unpaired) electrons. The molecule has 0 aliphatic carbocycles. The number of benzene rings is 2. The molecule has 1 aliphatic heterocycles. The molecule has 0 bridgehead atoms. The smallest absolute Gasteiger partial charge is 0.260 e. The van der Waals surface area contributed by atoms with E-state index in [9.17, 15) is 4.79 Å². The Balaban J connectivity index is 1.27. The van der Waals surface area contributed by atoms with Gasteiger partial charge in [-0.15, -0.1) is 0 Å². The number of hydrogen-bond donors (Lipinski definition) is 0. The number of carbonyl (C=O) groups excluding carboxylic acids is 1.